The van der Waals surface area contributed by atoms with Crippen molar-refractivity contribution in [2.45, 2.75) is 20.8 Å². The molecule has 0 fully saturated rings. The fraction of sp³-hybridized carbons (Fsp3) is 0.0526. The molecule has 300 valence electrons. The Hall–Kier alpha value is -7.89. The van der Waals surface area contributed by atoms with Crippen LogP contribution in [0.1, 0.15) is 16.7 Å². The molecule has 9 aromatic carbocycles. The molecule has 0 bridgehead atoms. The highest BCUT2D eigenvalue weighted by Crippen LogP contribution is 2.44. The third-order valence-electron chi connectivity index (χ3n) is 13.8. The molecule has 4 aliphatic heterocycles. The monoisotopic (exact) mass is 821 g/mol. The van der Waals surface area contributed by atoms with E-state index < -0.39 is 0 Å². The molecule has 0 radical (unpaired) electrons. The van der Waals surface area contributed by atoms with Crippen LogP contribution in [0.2, 0.25) is 0 Å². The van der Waals surface area contributed by atoms with Gasteiger partial charge in [0.25, 0.3) is 13.4 Å². The summed E-state index contributed by atoms with van der Waals surface area (Å²) in [7, 11) is 0. The third kappa shape index (κ3) is 5.03. The Bertz CT molecular complexity index is 3440. The number of para-hydroxylation sites is 2. The molecule has 1 aromatic heterocycles. The summed E-state index contributed by atoms with van der Waals surface area (Å²) >= 11 is 0. The fourth-order valence-corrected chi connectivity index (χ4v) is 11.3. The summed E-state index contributed by atoms with van der Waals surface area (Å²) in [6.45, 7) is 6.43. The molecule has 0 spiro atoms. The van der Waals surface area contributed by atoms with Gasteiger partial charge in [0.2, 0.25) is 0 Å². The maximum absolute atomic E-state index is 7.13. The number of hydrogen-bond acceptors (Lipinski definition) is 4. The first-order valence-corrected chi connectivity index (χ1v) is 22.0. The molecule has 14 rings (SSSR count). The summed E-state index contributed by atoms with van der Waals surface area (Å²) in [5.41, 5.74) is 17.9. The van der Waals surface area contributed by atoms with Crippen molar-refractivity contribution in [3.05, 3.63) is 187 Å². The van der Waals surface area contributed by atoms with E-state index in [2.05, 4.69) is 183 Å². The highest BCUT2D eigenvalue weighted by atomic mass is 16.5. The quantitative estimate of drug-likeness (QED) is 0.167. The van der Waals surface area contributed by atoms with Gasteiger partial charge in [0.1, 0.15) is 46.0 Å². The zero-order chi connectivity index (χ0) is 42.4. The maximum Gasteiger partial charge on any atom is 0.260 e. The van der Waals surface area contributed by atoms with E-state index in [0.29, 0.717) is 0 Å². The van der Waals surface area contributed by atoms with Crippen molar-refractivity contribution < 1.29 is 18.9 Å². The lowest BCUT2D eigenvalue weighted by molar-refractivity contribution is 0.464. The zero-order valence-electron chi connectivity index (χ0n) is 35.4. The molecule has 0 saturated heterocycles. The molecular weight excluding hydrogens is 784 g/mol. The van der Waals surface area contributed by atoms with Gasteiger partial charge in [0, 0.05) is 33.8 Å². The van der Waals surface area contributed by atoms with Gasteiger partial charge in [-0.2, -0.15) is 0 Å². The van der Waals surface area contributed by atoms with Gasteiger partial charge in [0.15, 0.2) is 0 Å². The molecule has 0 amide bonds. The zero-order valence-corrected chi connectivity index (χ0v) is 35.4. The van der Waals surface area contributed by atoms with Gasteiger partial charge in [-0.3, -0.25) is 0 Å². The number of hydrogen-bond donors (Lipinski definition) is 0. The molecule has 0 atom stereocenters. The minimum Gasteiger partial charge on any atom is -0.458 e. The summed E-state index contributed by atoms with van der Waals surface area (Å²) in [6, 6.07) is 60.5. The number of benzene rings is 9. The van der Waals surface area contributed by atoms with Crippen LogP contribution in [-0.4, -0.2) is 18.0 Å². The Labute approximate surface area is 371 Å². The van der Waals surface area contributed by atoms with Crippen LogP contribution in [0.25, 0.3) is 49.7 Å². The number of aromatic nitrogens is 1. The van der Waals surface area contributed by atoms with Crippen LogP contribution in [0.3, 0.4) is 0 Å². The van der Waals surface area contributed by atoms with E-state index in [1.165, 1.54) is 16.7 Å². The highest BCUT2D eigenvalue weighted by molar-refractivity contribution is 6.99. The van der Waals surface area contributed by atoms with Crippen LogP contribution in [0, 0.1) is 20.8 Å². The predicted octanol–water partition coefficient (Wildman–Crippen LogP) is 10.5. The van der Waals surface area contributed by atoms with Crippen LogP contribution in [0.4, 0.5) is 0 Å². The third-order valence-corrected chi connectivity index (χ3v) is 13.8. The van der Waals surface area contributed by atoms with E-state index in [4.69, 9.17) is 18.9 Å². The van der Waals surface area contributed by atoms with Gasteiger partial charge < -0.3 is 23.5 Å². The predicted molar refractivity (Wildman–Crippen MR) is 261 cm³/mol. The van der Waals surface area contributed by atoms with Gasteiger partial charge in [0.05, 0.1) is 16.7 Å². The summed E-state index contributed by atoms with van der Waals surface area (Å²) in [5, 5.41) is 2.31. The summed E-state index contributed by atoms with van der Waals surface area (Å²) in [5.74, 6) is 6.71. The second-order valence-electron chi connectivity index (χ2n) is 17.8. The van der Waals surface area contributed by atoms with Gasteiger partial charge in [-0.25, -0.2) is 0 Å². The molecular formula is C57H37B2NO4. The Morgan fingerprint density at radius 3 is 1.17 bits per heavy atom. The maximum atomic E-state index is 7.13. The molecule has 0 saturated carbocycles. The number of ether oxygens (including phenoxy) is 4. The van der Waals surface area contributed by atoms with Crippen molar-refractivity contribution in [2.75, 3.05) is 0 Å². The molecule has 5 nitrogen and oxygen atoms in total. The van der Waals surface area contributed by atoms with Crippen LogP contribution in [0.5, 0.6) is 46.0 Å². The van der Waals surface area contributed by atoms with Crippen LogP contribution in [-0.2, 0) is 0 Å². The van der Waals surface area contributed by atoms with Crippen molar-refractivity contribution in [2.24, 2.45) is 0 Å². The first kappa shape index (κ1) is 35.7. The largest absolute Gasteiger partial charge is 0.458 e. The van der Waals surface area contributed by atoms with Crippen molar-refractivity contribution in [3.8, 4) is 73.9 Å². The fourth-order valence-electron chi connectivity index (χ4n) is 11.3. The lowest BCUT2D eigenvalue weighted by atomic mass is 9.34. The highest BCUT2D eigenvalue weighted by Gasteiger charge is 2.43. The number of nitrogens with zero attached hydrogens (tertiary/aromatic N) is 1. The Morgan fingerprint density at radius 1 is 0.344 bits per heavy atom. The van der Waals surface area contributed by atoms with E-state index in [-0.39, 0.29) is 13.4 Å². The minimum atomic E-state index is -0.0919. The molecule has 0 unspecified atom stereocenters. The average molecular weight is 822 g/mol. The summed E-state index contributed by atoms with van der Waals surface area (Å²) in [6.07, 6.45) is 0. The molecule has 7 heteroatoms. The Kier molecular flexibility index (Phi) is 7.29. The van der Waals surface area contributed by atoms with Crippen molar-refractivity contribution in [3.63, 3.8) is 0 Å². The topological polar surface area (TPSA) is 41.9 Å². The standard InChI is InChI=1S/C57H37B2NO4/c1-32-22-33(2)57(34(3)23-32)60-45-30-49-43(58-41-18-10-12-20-47(41)61-51-24-37(26-53(63-49)55(51)58)35-14-6-4-7-15-35)28-39(45)40-29-44-50(31-46(40)60)64-54-27-38(36-16-8-5-9-17-36)25-52-56(54)59(44)42-19-11-13-21-48(42)62-52/h4-31H,1-3H3. The van der Waals surface area contributed by atoms with E-state index >= 15 is 0 Å². The molecule has 10 aromatic rings. The smallest absolute Gasteiger partial charge is 0.260 e. The SMILES string of the molecule is Cc1cc(C)c(-n2c3cc4c(cc3c3cc5c(cc32)Oc2cc(-c3ccccc3)cc3c2B5c2ccccc2O3)B2c3ccccc3Oc3cc(-c5ccccc5)cc(c32)O4)c(C)c1. The normalized spacial score (nSPS) is 13.4. The summed E-state index contributed by atoms with van der Waals surface area (Å²) < 4.78 is 30.2. The molecule has 0 aliphatic carbocycles. The van der Waals surface area contributed by atoms with Crippen molar-refractivity contribution >= 4 is 68.0 Å². The Balaban J connectivity index is 1.05. The van der Waals surface area contributed by atoms with Gasteiger partial charge in [-0.05, 0) is 112 Å². The van der Waals surface area contributed by atoms with Gasteiger partial charge in [-0.1, -0.05) is 127 Å². The summed E-state index contributed by atoms with van der Waals surface area (Å²) in [4.78, 5) is 0. The van der Waals surface area contributed by atoms with E-state index in [1.54, 1.807) is 0 Å². The number of fused-ring (bicyclic) bond motifs is 11. The van der Waals surface area contributed by atoms with E-state index in [1.807, 2.05) is 12.1 Å². The van der Waals surface area contributed by atoms with Crippen LogP contribution in [0.15, 0.2) is 170 Å². The first-order chi connectivity index (χ1) is 31.4. The average Bonchev–Trinajstić information content (AvgIpc) is 3.61. The lowest BCUT2D eigenvalue weighted by Gasteiger charge is -2.33. The first-order valence-electron chi connectivity index (χ1n) is 22.0. The van der Waals surface area contributed by atoms with Crippen LogP contribution < -0.4 is 51.7 Å². The molecule has 5 heterocycles. The van der Waals surface area contributed by atoms with Crippen molar-refractivity contribution in [1.29, 1.82) is 0 Å². The Morgan fingerprint density at radius 2 is 0.734 bits per heavy atom. The number of aryl methyl sites for hydroxylation is 3. The van der Waals surface area contributed by atoms with Crippen molar-refractivity contribution in [1.82, 2.24) is 4.57 Å². The molecule has 0 N–H and O–H groups in total. The molecule has 4 aliphatic rings. The van der Waals surface area contributed by atoms with E-state index in [9.17, 15) is 0 Å². The van der Waals surface area contributed by atoms with Gasteiger partial charge in [-0.15, -0.1) is 0 Å². The van der Waals surface area contributed by atoms with E-state index in [0.717, 1.165) is 129 Å². The number of rotatable bonds is 3. The minimum absolute atomic E-state index is 0.0919. The second-order valence-corrected chi connectivity index (χ2v) is 17.8. The van der Waals surface area contributed by atoms with Crippen LogP contribution >= 0.6 is 0 Å². The van der Waals surface area contributed by atoms with Gasteiger partial charge >= 0.3 is 0 Å². The lowest BCUT2D eigenvalue weighted by Crippen LogP contribution is -2.57. The molecule has 64 heavy (non-hydrogen) atoms. The second kappa shape index (κ2) is 13.1.